The monoisotopic (exact) mass is 330 g/mol. The molecule has 2 aliphatic heterocycles. The van der Waals surface area contributed by atoms with Gasteiger partial charge in [0.15, 0.2) is 0 Å². The lowest BCUT2D eigenvalue weighted by atomic mass is 9.94. The Bertz CT molecular complexity index is 669. The van der Waals surface area contributed by atoms with Crippen LogP contribution in [0.5, 0.6) is 0 Å². The zero-order valence-electron chi connectivity index (χ0n) is 12.0. The van der Waals surface area contributed by atoms with Crippen LogP contribution in [0.3, 0.4) is 0 Å². The van der Waals surface area contributed by atoms with Gasteiger partial charge in [0.2, 0.25) is 0 Å². The normalized spacial score (nSPS) is 26.8. The van der Waals surface area contributed by atoms with Gasteiger partial charge in [-0.3, -0.25) is 4.90 Å². The average molecular weight is 330 g/mol. The highest BCUT2D eigenvalue weighted by Gasteiger charge is 2.51. The fourth-order valence-corrected chi connectivity index (χ4v) is 5.86. The molecule has 1 aromatic rings. The third-order valence-electron chi connectivity index (χ3n) is 4.27. The van der Waals surface area contributed by atoms with E-state index in [-0.39, 0.29) is 12.7 Å². The summed E-state index contributed by atoms with van der Waals surface area (Å²) in [5.74, 6) is 0. The van der Waals surface area contributed by atoms with E-state index in [2.05, 4.69) is 0 Å². The number of amides is 1. The lowest BCUT2D eigenvalue weighted by Crippen LogP contribution is -2.61. The van der Waals surface area contributed by atoms with Gasteiger partial charge in [0.25, 0.3) is 10.0 Å². The van der Waals surface area contributed by atoms with Crippen molar-refractivity contribution < 1.29 is 17.9 Å². The van der Waals surface area contributed by atoms with E-state index in [0.29, 0.717) is 30.3 Å². The number of piperazine rings is 1. The summed E-state index contributed by atoms with van der Waals surface area (Å²) in [6, 6.07) is 3.46. The van der Waals surface area contributed by atoms with Crippen LogP contribution in [0, 0.1) is 6.92 Å². The number of carbonyl (C=O) groups excluding carboxylic acids is 1. The van der Waals surface area contributed by atoms with Gasteiger partial charge in [-0.05, 0) is 25.5 Å². The molecule has 6 nitrogen and oxygen atoms in total. The maximum atomic E-state index is 12.7. The first-order valence-electron chi connectivity index (χ1n) is 6.90. The van der Waals surface area contributed by atoms with Gasteiger partial charge in [0.05, 0.1) is 5.54 Å². The first-order valence-corrected chi connectivity index (χ1v) is 9.16. The molecule has 3 rings (SSSR count). The molecule has 0 bridgehead atoms. The molecule has 1 unspecified atom stereocenters. The van der Waals surface area contributed by atoms with Crippen LogP contribution >= 0.6 is 11.3 Å². The Morgan fingerprint density at radius 3 is 2.76 bits per heavy atom. The minimum Gasteiger partial charge on any atom is -0.447 e. The molecule has 0 N–H and O–H groups in total. The molecular formula is C13H18N2O4S2. The number of sulfonamides is 1. The highest BCUT2D eigenvalue weighted by Crippen LogP contribution is 2.34. The lowest BCUT2D eigenvalue weighted by molar-refractivity contribution is 0.0886. The fraction of sp³-hybridized carbons (Fsp3) is 0.615. The largest absolute Gasteiger partial charge is 0.447 e. The summed E-state index contributed by atoms with van der Waals surface area (Å²) in [5.41, 5.74) is -0.519. The van der Waals surface area contributed by atoms with Crippen molar-refractivity contribution in [1.82, 2.24) is 9.21 Å². The van der Waals surface area contributed by atoms with Crippen LogP contribution in [0.2, 0.25) is 0 Å². The first-order chi connectivity index (χ1) is 9.89. The van der Waals surface area contributed by atoms with Gasteiger partial charge in [-0.25, -0.2) is 13.2 Å². The van der Waals surface area contributed by atoms with Crippen molar-refractivity contribution in [2.24, 2.45) is 0 Å². The highest BCUT2D eigenvalue weighted by atomic mass is 32.2. The summed E-state index contributed by atoms with van der Waals surface area (Å²) >= 11 is 1.28. The van der Waals surface area contributed by atoms with E-state index in [1.807, 2.05) is 19.9 Å². The summed E-state index contributed by atoms with van der Waals surface area (Å²) in [4.78, 5) is 14.4. The highest BCUT2D eigenvalue weighted by molar-refractivity contribution is 7.91. The summed E-state index contributed by atoms with van der Waals surface area (Å²) in [5, 5.41) is 0. The predicted octanol–water partition coefficient (Wildman–Crippen LogP) is 1.66. The van der Waals surface area contributed by atoms with Crippen molar-refractivity contribution in [1.29, 1.82) is 0 Å². The third-order valence-corrected chi connectivity index (χ3v) is 7.58. The number of hydrogen-bond acceptors (Lipinski definition) is 5. The minimum atomic E-state index is -3.49. The summed E-state index contributed by atoms with van der Waals surface area (Å²) in [7, 11) is -3.49. The number of aryl methyl sites for hydroxylation is 1. The van der Waals surface area contributed by atoms with E-state index in [1.165, 1.54) is 15.6 Å². The Kier molecular flexibility index (Phi) is 3.50. The van der Waals surface area contributed by atoms with Gasteiger partial charge in [-0.1, -0.05) is 6.92 Å². The molecule has 0 spiro atoms. The third kappa shape index (κ3) is 2.25. The van der Waals surface area contributed by atoms with E-state index in [1.54, 1.807) is 11.0 Å². The van der Waals surface area contributed by atoms with Crippen LogP contribution < -0.4 is 0 Å². The van der Waals surface area contributed by atoms with Crippen LogP contribution in [-0.2, 0) is 14.8 Å². The molecule has 2 fully saturated rings. The van der Waals surface area contributed by atoms with Gasteiger partial charge in [0, 0.05) is 24.5 Å². The summed E-state index contributed by atoms with van der Waals surface area (Å²) in [6.07, 6.45) is 0.342. The number of fused-ring (bicyclic) bond motifs is 1. The molecule has 0 saturated carbocycles. The number of hydrogen-bond donors (Lipinski definition) is 0. The van der Waals surface area contributed by atoms with Crippen LogP contribution in [0.15, 0.2) is 16.3 Å². The van der Waals surface area contributed by atoms with Crippen LogP contribution in [-0.4, -0.2) is 55.5 Å². The molecule has 21 heavy (non-hydrogen) atoms. The molecule has 116 valence electrons. The fourth-order valence-electron chi connectivity index (χ4n) is 2.91. The number of cyclic esters (lactones) is 1. The zero-order valence-corrected chi connectivity index (χ0v) is 13.7. The molecule has 0 aromatic carbocycles. The van der Waals surface area contributed by atoms with Crippen molar-refractivity contribution in [2.75, 3.05) is 26.2 Å². The maximum Gasteiger partial charge on any atom is 0.410 e. The Morgan fingerprint density at radius 2 is 2.14 bits per heavy atom. The van der Waals surface area contributed by atoms with Gasteiger partial charge >= 0.3 is 6.09 Å². The van der Waals surface area contributed by atoms with Gasteiger partial charge in [0.1, 0.15) is 10.8 Å². The van der Waals surface area contributed by atoms with Gasteiger partial charge in [-0.2, -0.15) is 4.31 Å². The molecule has 0 aliphatic carbocycles. The average Bonchev–Trinajstić information content (AvgIpc) is 3.04. The van der Waals surface area contributed by atoms with E-state index in [9.17, 15) is 13.2 Å². The zero-order chi connectivity index (χ0) is 15.3. The van der Waals surface area contributed by atoms with Gasteiger partial charge < -0.3 is 4.74 Å². The number of carbonyl (C=O) groups is 1. The van der Waals surface area contributed by atoms with Crippen molar-refractivity contribution in [3.8, 4) is 0 Å². The molecule has 0 radical (unpaired) electrons. The van der Waals surface area contributed by atoms with Crippen molar-refractivity contribution >= 4 is 27.5 Å². The Hall–Kier alpha value is -1.12. The van der Waals surface area contributed by atoms with Crippen LogP contribution in [0.25, 0.3) is 0 Å². The molecule has 1 atom stereocenters. The van der Waals surface area contributed by atoms with Crippen molar-refractivity contribution in [2.45, 2.75) is 30.0 Å². The smallest absolute Gasteiger partial charge is 0.410 e. The first kappa shape index (κ1) is 14.8. The minimum absolute atomic E-state index is 0.262. The van der Waals surface area contributed by atoms with Crippen molar-refractivity contribution in [3.05, 3.63) is 17.0 Å². The maximum absolute atomic E-state index is 12.7. The number of thiophene rings is 1. The number of rotatable bonds is 3. The molecule has 3 heterocycles. The van der Waals surface area contributed by atoms with Crippen LogP contribution in [0.1, 0.15) is 18.2 Å². The van der Waals surface area contributed by atoms with E-state index in [4.69, 9.17) is 4.74 Å². The van der Waals surface area contributed by atoms with E-state index >= 15 is 0 Å². The predicted molar refractivity (Wildman–Crippen MR) is 78.9 cm³/mol. The topological polar surface area (TPSA) is 66.9 Å². The Balaban J connectivity index is 1.90. The summed E-state index contributed by atoms with van der Waals surface area (Å²) in [6.45, 7) is 5.11. The summed E-state index contributed by atoms with van der Waals surface area (Å²) < 4.78 is 32.4. The quantitative estimate of drug-likeness (QED) is 0.845. The van der Waals surface area contributed by atoms with Gasteiger partial charge in [-0.15, -0.1) is 11.3 Å². The van der Waals surface area contributed by atoms with Crippen LogP contribution in [0.4, 0.5) is 4.79 Å². The second-order valence-electron chi connectivity index (χ2n) is 5.49. The molecule has 1 aromatic heterocycles. The standard InChI is InChI=1S/C13H18N2O4S2/c1-3-13-8-14(6-7-15(13)12(16)19-9-13)21(17,18)11-5-4-10(2)20-11/h4-5H,3,6-9H2,1-2H3. The molecule has 2 aliphatic rings. The SMILES string of the molecule is CCC12COC(=O)N1CCN(S(=O)(=O)c1ccc(C)s1)C2. The van der Waals surface area contributed by atoms with E-state index < -0.39 is 15.6 Å². The Labute approximate surface area is 128 Å². The van der Waals surface area contributed by atoms with E-state index in [0.717, 1.165) is 4.88 Å². The number of nitrogens with zero attached hydrogens (tertiary/aromatic N) is 2. The van der Waals surface area contributed by atoms with Crippen molar-refractivity contribution in [3.63, 3.8) is 0 Å². The molecule has 1 amide bonds. The second-order valence-corrected chi connectivity index (χ2v) is 8.94. The number of ether oxygens (including phenoxy) is 1. The molecule has 8 heteroatoms. The molecule has 2 saturated heterocycles. The Morgan fingerprint density at radius 1 is 1.38 bits per heavy atom. The second kappa shape index (κ2) is 4.96. The molecular weight excluding hydrogens is 312 g/mol. The lowest BCUT2D eigenvalue weighted by Gasteiger charge is -2.43.